The number of aliphatic imine (C=N–C) groups is 1. The fraction of sp³-hybridized carbons (Fsp3) is 0.314. The molecule has 0 saturated heterocycles. The highest BCUT2D eigenvalue weighted by atomic mass is 19.1. The van der Waals surface area contributed by atoms with E-state index in [1.54, 1.807) is 56.4 Å². The summed E-state index contributed by atoms with van der Waals surface area (Å²) in [7, 11) is 5.03. The third-order valence-electron chi connectivity index (χ3n) is 8.48. The van der Waals surface area contributed by atoms with E-state index in [-0.39, 0.29) is 53.4 Å². The molecule has 0 spiro atoms. The van der Waals surface area contributed by atoms with E-state index in [0.717, 1.165) is 16.7 Å². The monoisotopic (exact) mass is 622 g/mol. The highest BCUT2D eigenvalue weighted by Crippen LogP contribution is 2.34. The predicted molar refractivity (Wildman–Crippen MR) is 174 cm³/mol. The molecule has 2 aliphatic heterocycles. The number of amides is 2. The van der Waals surface area contributed by atoms with Gasteiger partial charge in [0, 0.05) is 38.3 Å². The first-order valence-corrected chi connectivity index (χ1v) is 15.0. The van der Waals surface area contributed by atoms with Crippen molar-refractivity contribution in [1.29, 1.82) is 0 Å². The van der Waals surface area contributed by atoms with Crippen molar-refractivity contribution in [3.05, 3.63) is 99.4 Å². The number of benzene rings is 2. The van der Waals surface area contributed by atoms with Crippen LogP contribution in [-0.2, 0) is 21.6 Å². The van der Waals surface area contributed by atoms with Gasteiger partial charge in [-0.05, 0) is 64.9 Å². The van der Waals surface area contributed by atoms with Crippen LogP contribution in [0, 0.1) is 5.82 Å². The van der Waals surface area contributed by atoms with Crippen molar-refractivity contribution in [2.75, 3.05) is 27.7 Å². The minimum Gasteiger partial charge on any atom is -0.375 e. The number of rotatable bonds is 3. The summed E-state index contributed by atoms with van der Waals surface area (Å²) in [6.07, 6.45) is 5.18. The van der Waals surface area contributed by atoms with Crippen LogP contribution in [0.1, 0.15) is 54.2 Å². The van der Waals surface area contributed by atoms with Crippen molar-refractivity contribution in [1.82, 2.24) is 24.6 Å². The van der Waals surface area contributed by atoms with Gasteiger partial charge in [-0.3, -0.25) is 14.4 Å². The summed E-state index contributed by atoms with van der Waals surface area (Å²) in [5, 5.41) is 4.87. The summed E-state index contributed by atoms with van der Waals surface area (Å²) in [4.78, 5) is 51.6. The molecule has 2 aromatic heterocycles. The lowest BCUT2D eigenvalue weighted by Crippen LogP contribution is -2.42. The second kappa shape index (κ2) is 11.7. The van der Waals surface area contributed by atoms with Crippen molar-refractivity contribution in [2.24, 2.45) is 4.99 Å². The number of hydrogen-bond donors (Lipinski definition) is 0. The molecule has 46 heavy (non-hydrogen) atoms. The molecule has 2 aliphatic rings. The zero-order chi connectivity index (χ0) is 32.9. The van der Waals surface area contributed by atoms with E-state index in [4.69, 9.17) is 4.74 Å². The topological polar surface area (TPSA) is 110 Å². The number of nitrogens with zero attached hydrogens (tertiary/aromatic N) is 6. The molecule has 0 N–H and O–H groups in total. The molecule has 10 nitrogen and oxygen atoms in total. The first-order valence-electron chi connectivity index (χ1n) is 15.0. The predicted octanol–water partition coefficient (Wildman–Crippen LogP) is 4.84. The van der Waals surface area contributed by atoms with Crippen LogP contribution in [0.2, 0.25) is 0 Å². The van der Waals surface area contributed by atoms with Gasteiger partial charge >= 0.3 is 0 Å². The Kier molecular flexibility index (Phi) is 7.89. The fourth-order valence-corrected chi connectivity index (χ4v) is 5.78. The van der Waals surface area contributed by atoms with Gasteiger partial charge in [0.2, 0.25) is 0 Å². The van der Waals surface area contributed by atoms with E-state index in [1.807, 2.05) is 32.9 Å². The lowest BCUT2D eigenvalue weighted by atomic mass is 9.86. The molecule has 0 saturated carbocycles. The Hall–Kier alpha value is -5.03. The Bertz CT molecular complexity index is 2010. The van der Waals surface area contributed by atoms with Crippen LogP contribution in [-0.4, -0.2) is 75.9 Å². The third kappa shape index (κ3) is 5.62. The fourth-order valence-electron chi connectivity index (χ4n) is 5.78. The molecule has 11 heteroatoms. The number of carbonyl (C=O) groups excluding carboxylic acids is 2. The summed E-state index contributed by atoms with van der Waals surface area (Å²) >= 11 is 0. The molecule has 4 aromatic rings. The average Bonchev–Trinajstić information content (AvgIpc) is 3.12. The number of likely N-dealkylation sites (N-methyl/N-ethyl adjacent to an activating group) is 1. The lowest BCUT2D eigenvalue weighted by Gasteiger charge is -2.29. The maximum Gasteiger partial charge on any atom is 0.282 e. The molecule has 1 unspecified atom stereocenters. The van der Waals surface area contributed by atoms with Crippen LogP contribution in [0.5, 0.6) is 0 Å². The van der Waals surface area contributed by atoms with Gasteiger partial charge in [-0.15, -0.1) is 0 Å². The molecule has 0 radical (unpaired) electrons. The summed E-state index contributed by atoms with van der Waals surface area (Å²) in [6, 6.07) is 11.7. The van der Waals surface area contributed by atoms with E-state index in [1.165, 1.54) is 28.0 Å². The molecule has 4 heterocycles. The Labute approximate surface area is 265 Å². The molecule has 236 valence electrons. The Balaban J connectivity index is 1.47. The maximum atomic E-state index is 15.4. The SMILES string of the molecule is CN(C)C(=O)c1ccc(N=C2C=C3CC(COCc4c3cccc4-n3ncc4cc(C(C)(C)C)cc(F)c4c3=O)N(C)C2=O)nc1. The van der Waals surface area contributed by atoms with Crippen LogP contribution in [0.15, 0.2) is 70.7 Å². The highest BCUT2D eigenvalue weighted by Gasteiger charge is 2.32. The van der Waals surface area contributed by atoms with E-state index < -0.39 is 11.4 Å². The van der Waals surface area contributed by atoms with Gasteiger partial charge in [0.05, 0.1) is 42.1 Å². The standard InChI is InChI=1S/C35H35FN6O4/c1-35(2,3)23-12-22-17-38-42(34(45)31(22)27(36)15-23)29-9-7-8-25-21-13-24(18-46-19-26(25)29)41(6)33(44)28(14-21)39-30-11-10-20(16-37-30)32(43)40(4)5/h7-12,14-17,24H,13,18-19H2,1-6H3. The van der Waals surface area contributed by atoms with Gasteiger partial charge in [-0.2, -0.15) is 9.78 Å². The maximum absolute atomic E-state index is 15.4. The van der Waals surface area contributed by atoms with Crippen molar-refractivity contribution >= 4 is 39.7 Å². The van der Waals surface area contributed by atoms with Crippen LogP contribution in [0.25, 0.3) is 22.0 Å². The third-order valence-corrected chi connectivity index (χ3v) is 8.48. The molecule has 2 amide bonds. The van der Waals surface area contributed by atoms with E-state index in [0.29, 0.717) is 28.6 Å². The number of aromatic nitrogens is 3. The van der Waals surface area contributed by atoms with Crippen LogP contribution < -0.4 is 5.56 Å². The molecular weight excluding hydrogens is 587 g/mol. The quantitative estimate of drug-likeness (QED) is 0.324. The largest absolute Gasteiger partial charge is 0.375 e. The minimum absolute atomic E-state index is 0.0337. The van der Waals surface area contributed by atoms with Gasteiger partial charge in [0.1, 0.15) is 11.5 Å². The van der Waals surface area contributed by atoms with Gasteiger partial charge in [0.25, 0.3) is 17.4 Å². The van der Waals surface area contributed by atoms with Crippen molar-refractivity contribution in [3.63, 3.8) is 0 Å². The number of carbonyl (C=O) groups is 2. The van der Waals surface area contributed by atoms with Gasteiger partial charge in [-0.1, -0.05) is 32.9 Å². The number of hydrogen-bond acceptors (Lipinski definition) is 7. The summed E-state index contributed by atoms with van der Waals surface area (Å²) < 4.78 is 22.8. The first kappa shape index (κ1) is 31.0. The van der Waals surface area contributed by atoms with Crippen molar-refractivity contribution < 1.29 is 18.7 Å². The summed E-state index contributed by atoms with van der Waals surface area (Å²) in [5.74, 6) is -0.797. The van der Waals surface area contributed by atoms with Gasteiger partial charge in [-0.25, -0.2) is 14.4 Å². The smallest absolute Gasteiger partial charge is 0.282 e. The molecule has 0 aliphatic carbocycles. The Morgan fingerprint density at radius 2 is 1.89 bits per heavy atom. The van der Waals surface area contributed by atoms with Gasteiger partial charge < -0.3 is 14.5 Å². The van der Waals surface area contributed by atoms with Crippen LogP contribution >= 0.6 is 0 Å². The lowest BCUT2D eigenvalue weighted by molar-refractivity contribution is -0.125. The summed E-state index contributed by atoms with van der Waals surface area (Å²) in [5.41, 5.74) is 3.24. The first-order chi connectivity index (χ1) is 21.8. The second-order valence-electron chi connectivity index (χ2n) is 12.9. The van der Waals surface area contributed by atoms with Gasteiger partial charge in [0.15, 0.2) is 5.82 Å². The second-order valence-corrected chi connectivity index (χ2v) is 12.9. The average molecular weight is 623 g/mol. The van der Waals surface area contributed by atoms with E-state index >= 15 is 4.39 Å². The number of halogens is 1. The van der Waals surface area contributed by atoms with Crippen molar-refractivity contribution in [2.45, 2.75) is 45.3 Å². The van der Waals surface area contributed by atoms with E-state index in [9.17, 15) is 14.4 Å². The molecule has 2 aromatic carbocycles. The Morgan fingerprint density at radius 3 is 2.59 bits per heavy atom. The minimum atomic E-state index is -0.594. The van der Waals surface area contributed by atoms with Crippen LogP contribution in [0.3, 0.4) is 0 Å². The zero-order valence-electron chi connectivity index (χ0n) is 26.7. The Morgan fingerprint density at radius 1 is 1.11 bits per heavy atom. The van der Waals surface area contributed by atoms with Crippen LogP contribution in [0.4, 0.5) is 10.2 Å². The number of ether oxygens (including phenoxy) is 1. The molecule has 6 rings (SSSR count). The number of pyridine rings is 1. The highest BCUT2D eigenvalue weighted by molar-refractivity contribution is 6.45. The molecule has 2 bridgehead atoms. The zero-order valence-corrected chi connectivity index (χ0v) is 26.7. The molecular formula is C35H35FN6O4. The summed E-state index contributed by atoms with van der Waals surface area (Å²) in [6.45, 7) is 6.36. The van der Waals surface area contributed by atoms with E-state index in [2.05, 4.69) is 15.1 Å². The molecule has 0 fully saturated rings. The normalized spacial score (nSPS) is 17.7. The molecule has 1 atom stereocenters. The van der Waals surface area contributed by atoms with Crippen molar-refractivity contribution in [3.8, 4) is 5.69 Å². The number of fused-ring (bicyclic) bond motifs is 5.